The molecule has 3 aromatic rings. The van der Waals surface area contributed by atoms with Crippen LogP contribution in [0.4, 0.5) is 45.5 Å². The number of anilines is 4. The molecular formula is C22H22N8O8S2. The van der Waals surface area contributed by atoms with Crippen molar-refractivity contribution in [1.29, 1.82) is 0 Å². The van der Waals surface area contributed by atoms with Crippen LogP contribution < -0.4 is 22.1 Å². The predicted molar refractivity (Wildman–Crippen MR) is 145 cm³/mol. The van der Waals surface area contributed by atoms with Crippen molar-refractivity contribution in [3.63, 3.8) is 0 Å². The van der Waals surface area contributed by atoms with Crippen LogP contribution in [0, 0.1) is 0 Å². The zero-order chi connectivity index (χ0) is 29.8. The lowest BCUT2D eigenvalue weighted by atomic mass is 10.2. The molecule has 8 N–H and O–H groups in total. The van der Waals surface area contributed by atoms with Gasteiger partial charge in [-0.15, -0.1) is 10.2 Å². The molecule has 2 amide bonds. The molecule has 0 atom stereocenters. The van der Waals surface area contributed by atoms with Crippen LogP contribution in [0.15, 0.2) is 78.8 Å². The summed E-state index contributed by atoms with van der Waals surface area (Å²) in [7, 11) is -9.28. The minimum Gasteiger partial charge on any atom is -0.397 e. The predicted octanol–water partition coefficient (Wildman–Crippen LogP) is 4.09. The van der Waals surface area contributed by atoms with Gasteiger partial charge in [0.1, 0.15) is 11.4 Å². The largest absolute Gasteiger partial charge is 0.397 e. The van der Waals surface area contributed by atoms with Crippen LogP contribution in [0.1, 0.15) is 13.8 Å². The molecule has 0 heterocycles. The van der Waals surface area contributed by atoms with E-state index in [1.165, 1.54) is 38.1 Å². The fraction of sp³-hybridized carbons (Fsp3) is 0.0909. The molecule has 210 valence electrons. The van der Waals surface area contributed by atoms with E-state index >= 15 is 0 Å². The Hall–Kier alpha value is -4.78. The number of amides is 2. The molecule has 40 heavy (non-hydrogen) atoms. The van der Waals surface area contributed by atoms with Gasteiger partial charge in [0.15, 0.2) is 0 Å². The first kappa shape index (κ1) is 29.8. The zero-order valence-corrected chi connectivity index (χ0v) is 22.4. The van der Waals surface area contributed by atoms with Crippen molar-refractivity contribution in [2.24, 2.45) is 20.5 Å². The fourth-order valence-corrected chi connectivity index (χ4v) is 4.23. The van der Waals surface area contributed by atoms with Gasteiger partial charge in [-0.2, -0.15) is 27.1 Å². The quantitative estimate of drug-likeness (QED) is 0.124. The van der Waals surface area contributed by atoms with Crippen molar-refractivity contribution in [2.75, 3.05) is 22.1 Å². The van der Waals surface area contributed by atoms with Crippen LogP contribution in [0.5, 0.6) is 0 Å². The number of carbonyl (C=O) groups excluding carboxylic acids is 2. The summed E-state index contributed by atoms with van der Waals surface area (Å²) >= 11 is 0. The highest BCUT2D eigenvalue weighted by Crippen LogP contribution is 2.36. The van der Waals surface area contributed by atoms with Crippen molar-refractivity contribution in [3.05, 3.63) is 48.5 Å². The van der Waals surface area contributed by atoms with Gasteiger partial charge in [-0.25, -0.2) is 0 Å². The van der Waals surface area contributed by atoms with Gasteiger partial charge in [0.05, 0.1) is 32.5 Å². The number of carbonyl (C=O) groups is 2. The normalized spacial score (nSPS) is 12.1. The number of hydrogen-bond donors (Lipinski definition) is 6. The van der Waals surface area contributed by atoms with Crippen LogP contribution in [0.25, 0.3) is 0 Å². The molecular weight excluding hydrogens is 568 g/mol. The summed E-state index contributed by atoms with van der Waals surface area (Å²) in [5, 5.41) is 20.5. The standard InChI is InChI=1S/C22H22N8O8S2/c1-11(31)25-13-3-15(7-17(5-13)39(33,34)35)27-29-21-10-22(20(24)9-19(21)23)30-28-16-4-14(26-12(2)32)6-18(8-16)40(36,37)38/h3-10H,23-24H2,1-2H3,(H,25,31)(H,26,32)(H,33,34,35)(H,36,37,38). The van der Waals surface area contributed by atoms with E-state index in [0.29, 0.717) is 0 Å². The maximum absolute atomic E-state index is 11.6. The molecule has 3 rings (SSSR count). The van der Waals surface area contributed by atoms with Gasteiger partial charge in [-0.05, 0) is 48.5 Å². The fourth-order valence-electron chi connectivity index (χ4n) is 3.14. The molecule has 0 aliphatic rings. The summed E-state index contributed by atoms with van der Waals surface area (Å²) in [5.41, 5.74) is 12.0. The lowest BCUT2D eigenvalue weighted by Crippen LogP contribution is -2.07. The Bertz CT molecular complexity index is 1660. The van der Waals surface area contributed by atoms with E-state index in [0.717, 1.165) is 24.3 Å². The van der Waals surface area contributed by atoms with Crippen molar-refractivity contribution in [3.8, 4) is 0 Å². The Morgan fingerprint density at radius 1 is 0.625 bits per heavy atom. The molecule has 18 heteroatoms. The first-order chi connectivity index (χ1) is 18.5. The molecule has 0 saturated carbocycles. The van der Waals surface area contributed by atoms with Gasteiger partial charge in [0.2, 0.25) is 11.8 Å². The lowest BCUT2D eigenvalue weighted by molar-refractivity contribution is -0.115. The third-order valence-corrected chi connectivity index (χ3v) is 6.40. The van der Waals surface area contributed by atoms with Crippen LogP contribution in [-0.4, -0.2) is 37.8 Å². The van der Waals surface area contributed by atoms with Crippen molar-refractivity contribution in [1.82, 2.24) is 0 Å². The highest BCUT2D eigenvalue weighted by molar-refractivity contribution is 7.86. The summed E-state index contributed by atoms with van der Waals surface area (Å²) < 4.78 is 65.3. The van der Waals surface area contributed by atoms with E-state index in [2.05, 4.69) is 31.1 Å². The Balaban J connectivity index is 2.01. The third-order valence-electron chi connectivity index (χ3n) is 4.74. The van der Waals surface area contributed by atoms with Crippen LogP contribution in [0.2, 0.25) is 0 Å². The molecule has 0 aliphatic heterocycles. The Morgan fingerprint density at radius 2 is 1.00 bits per heavy atom. The molecule has 0 aliphatic carbocycles. The second-order valence-corrected chi connectivity index (χ2v) is 11.0. The lowest BCUT2D eigenvalue weighted by Gasteiger charge is -2.07. The van der Waals surface area contributed by atoms with Gasteiger partial charge in [-0.1, -0.05) is 0 Å². The molecule has 0 aromatic heterocycles. The number of azo groups is 2. The number of nitrogens with zero attached hydrogens (tertiary/aromatic N) is 4. The van der Waals surface area contributed by atoms with Gasteiger partial charge >= 0.3 is 0 Å². The highest BCUT2D eigenvalue weighted by atomic mass is 32.2. The molecule has 0 radical (unpaired) electrons. The highest BCUT2D eigenvalue weighted by Gasteiger charge is 2.15. The monoisotopic (exact) mass is 590 g/mol. The smallest absolute Gasteiger partial charge is 0.294 e. The van der Waals surface area contributed by atoms with Gasteiger partial charge in [0.25, 0.3) is 20.2 Å². The molecule has 0 unspecified atom stereocenters. The number of rotatable bonds is 8. The van der Waals surface area contributed by atoms with E-state index in [-0.39, 0.29) is 45.5 Å². The molecule has 0 fully saturated rings. The van der Waals surface area contributed by atoms with Crippen LogP contribution >= 0.6 is 0 Å². The summed E-state index contributed by atoms with van der Waals surface area (Å²) in [6.45, 7) is 2.40. The van der Waals surface area contributed by atoms with E-state index in [4.69, 9.17) is 11.5 Å². The topological polar surface area (TPSA) is 268 Å². The van der Waals surface area contributed by atoms with E-state index in [1.54, 1.807) is 0 Å². The van der Waals surface area contributed by atoms with Crippen LogP contribution in [0.3, 0.4) is 0 Å². The second kappa shape index (κ2) is 11.5. The average Bonchev–Trinajstić information content (AvgIpc) is 2.80. The van der Waals surface area contributed by atoms with E-state index in [1.807, 2.05) is 0 Å². The molecule has 16 nitrogen and oxygen atoms in total. The number of nitrogens with two attached hydrogens (primary N) is 2. The second-order valence-electron chi connectivity index (χ2n) is 8.11. The molecule has 0 spiro atoms. The number of hydrogen-bond acceptors (Lipinski definition) is 12. The van der Waals surface area contributed by atoms with Gasteiger partial charge < -0.3 is 22.1 Å². The van der Waals surface area contributed by atoms with Crippen LogP contribution in [-0.2, 0) is 29.8 Å². The minimum absolute atomic E-state index is 0.0205. The maximum Gasteiger partial charge on any atom is 0.294 e. The third kappa shape index (κ3) is 8.11. The SMILES string of the molecule is CC(=O)Nc1cc(N=Nc2cc(N=Nc3cc(NC(C)=O)cc(S(=O)(=O)O)c3)c(N)cc2N)cc(S(=O)(=O)O)c1. The number of nitrogen functional groups attached to an aromatic ring is 2. The summed E-state index contributed by atoms with van der Waals surface area (Å²) in [6.07, 6.45) is 0. The Labute approximate surface area is 227 Å². The maximum atomic E-state index is 11.6. The summed E-state index contributed by atoms with van der Waals surface area (Å²) in [6, 6.07) is 9.23. The van der Waals surface area contributed by atoms with Crippen molar-refractivity contribution >= 4 is 77.5 Å². The van der Waals surface area contributed by atoms with Gasteiger partial charge in [-0.3, -0.25) is 18.7 Å². The first-order valence-electron chi connectivity index (χ1n) is 10.8. The Morgan fingerprint density at radius 3 is 1.32 bits per heavy atom. The molecule has 3 aromatic carbocycles. The summed E-state index contributed by atoms with van der Waals surface area (Å²) in [4.78, 5) is 21.7. The van der Waals surface area contributed by atoms with E-state index < -0.39 is 41.8 Å². The van der Waals surface area contributed by atoms with Crippen molar-refractivity contribution in [2.45, 2.75) is 23.6 Å². The molecule has 0 saturated heterocycles. The minimum atomic E-state index is -4.64. The Kier molecular flexibility index (Phi) is 8.58. The average molecular weight is 591 g/mol. The zero-order valence-electron chi connectivity index (χ0n) is 20.7. The van der Waals surface area contributed by atoms with E-state index in [9.17, 15) is 35.5 Å². The number of nitrogens with one attached hydrogen (secondary N) is 2. The first-order valence-corrected chi connectivity index (χ1v) is 13.7. The van der Waals surface area contributed by atoms with Gasteiger partial charge in [0, 0.05) is 25.2 Å². The molecule has 0 bridgehead atoms. The number of benzene rings is 3. The van der Waals surface area contributed by atoms with Crippen molar-refractivity contribution < 1.29 is 35.5 Å². The summed E-state index contributed by atoms with van der Waals surface area (Å²) in [5.74, 6) is -1.00.